The number of oxazole rings is 1. The summed E-state index contributed by atoms with van der Waals surface area (Å²) in [5, 5.41) is 3.42. The van der Waals surface area contributed by atoms with Crippen LogP contribution < -0.4 is 5.32 Å². The average Bonchev–Trinajstić information content (AvgIpc) is 3.27. The molecule has 0 saturated carbocycles. The van der Waals surface area contributed by atoms with Crippen molar-refractivity contribution in [1.29, 1.82) is 0 Å². The molecule has 0 radical (unpaired) electrons. The van der Waals surface area contributed by atoms with E-state index in [0.717, 1.165) is 5.52 Å². The summed E-state index contributed by atoms with van der Waals surface area (Å²) < 4.78 is 5.37. The molecule has 1 unspecified atom stereocenters. The summed E-state index contributed by atoms with van der Waals surface area (Å²) in [4.78, 5) is 30.3. The van der Waals surface area contributed by atoms with Gasteiger partial charge in [-0.3, -0.25) is 9.59 Å². The minimum atomic E-state index is -0.549. The van der Waals surface area contributed by atoms with E-state index >= 15 is 0 Å². The molecule has 3 aromatic rings. The molecule has 1 aliphatic heterocycles. The van der Waals surface area contributed by atoms with Crippen molar-refractivity contribution in [3.63, 3.8) is 0 Å². The summed E-state index contributed by atoms with van der Waals surface area (Å²) in [5.74, 6) is 0.572. The van der Waals surface area contributed by atoms with Crippen molar-refractivity contribution in [1.82, 2.24) is 9.88 Å². The smallest absolute Gasteiger partial charge is 0.266 e. The van der Waals surface area contributed by atoms with Gasteiger partial charge in [0.15, 0.2) is 5.58 Å². The molecule has 0 aliphatic carbocycles. The SMILES string of the molecule is O=C(Nc1ccc2[nH]c(=S)oc2c1)C1CSCN1C(=O)c1ccc(Cl)cc1. The number of H-pyrrole nitrogens is 1. The van der Waals surface area contributed by atoms with Crippen LogP contribution in [0.5, 0.6) is 0 Å². The lowest BCUT2D eigenvalue weighted by atomic mass is 10.1. The number of thioether (sulfide) groups is 1. The van der Waals surface area contributed by atoms with Crippen LogP contribution in [-0.2, 0) is 4.79 Å². The highest BCUT2D eigenvalue weighted by atomic mass is 35.5. The molecule has 1 aromatic heterocycles. The van der Waals surface area contributed by atoms with Crippen molar-refractivity contribution in [2.24, 2.45) is 0 Å². The maximum Gasteiger partial charge on any atom is 0.266 e. The molecule has 138 valence electrons. The highest BCUT2D eigenvalue weighted by Crippen LogP contribution is 2.26. The first-order valence-electron chi connectivity index (χ1n) is 8.09. The van der Waals surface area contributed by atoms with Gasteiger partial charge in [-0.15, -0.1) is 11.8 Å². The molecule has 6 nitrogen and oxygen atoms in total. The highest BCUT2D eigenvalue weighted by Gasteiger charge is 2.35. The van der Waals surface area contributed by atoms with Gasteiger partial charge < -0.3 is 19.6 Å². The van der Waals surface area contributed by atoms with Crippen molar-refractivity contribution in [3.8, 4) is 0 Å². The van der Waals surface area contributed by atoms with Crippen molar-refractivity contribution in [2.45, 2.75) is 6.04 Å². The van der Waals surface area contributed by atoms with Gasteiger partial charge in [-0.1, -0.05) is 11.6 Å². The Bertz CT molecular complexity index is 1080. The maximum absolute atomic E-state index is 12.8. The number of rotatable bonds is 3. The third-order valence-corrected chi connectivity index (χ3v) is 5.68. The van der Waals surface area contributed by atoms with E-state index in [1.165, 1.54) is 0 Å². The summed E-state index contributed by atoms with van der Waals surface area (Å²) in [6, 6.07) is 11.3. The quantitative estimate of drug-likeness (QED) is 0.619. The zero-order valence-corrected chi connectivity index (χ0v) is 16.3. The van der Waals surface area contributed by atoms with E-state index in [1.54, 1.807) is 59.1 Å². The first-order chi connectivity index (χ1) is 13.0. The normalized spacial score (nSPS) is 16.6. The van der Waals surface area contributed by atoms with Gasteiger partial charge in [0.25, 0.3) is 10.7 Å². The molecule has 0 spiro atoms. The molecular formula is C18H14ClN3O3S2. The predicted molar refractivity (Wildman–Crippen MR) is 109 cm³/mol. The Morgan fingerprint density at radius 3 is 2.81 bits per heavy atom. The third-order valence-electron chi connectivity index (χ3n) is 4.23. The molecule has 2 heterocycles. The number of aromatic amines is 1. The average molecular weight is 420 g/mol. The number of hydrogen-bond donors (Lipinski definition) is 2. The van der Waals surface area contributed by atoms with Gasteiger partial charge in [-0.25, -0.2) is 0 Å². The topological polar surface area (TPSA) is 78.3 Å². The van der Waals surface area contributed by atoms with Crippen molar-refractivity contribution < 1.29 is 14.0 Å². The van der Waals surface area contributed by atoms with Gasteiger partial charge in [0.05, 0.1) is 11.4 Å². The largest absolute Gasteiger partial charge is 0.429 e. The number of nitrogens with one attached hydrogen (secondary N) is 2. The van der Waals surface area contributed by atoms with Crippen LogP contribution >= 0.6 is 35.6 Å². The van der Waals surface area contributed by atoms with Gasteiger partial charge >= 0.3 is 0 Å². The van der Waals surface area contributed by atoms with Crippen molar-refractivity contribution >= 4 is 64.2 Å². The highest BCUT2D eigenvalue weighted by molar-refractivity contribution is 7.99. The van der Waals surface area contributed by atoms with Crippen LogP contribution in [0, 0.1) is 4.84 Å². The fourth-order valence-corrected chi connectivity index (χ4v) is 4.35. The van der Waals surface area contributed by atoms with Crippen LogP contribution in [-0.4, -0.2) is 39.4 Å². The van der Waals surface area contributed by atoms with Gasteiger partial charge in [-0.05, 0) is 48.6 Å². The van der Waals surface area contributed by atoms with Crippen LogP contribution in [0.4, 0.5) is 5.69 Å². The number of carbonyl (C=O) groups excluding carboxylic acids is 2. The van der Waals surface area contributed by atoms with Gasteiger partial charge in [-0.2, -0.15) is 0 Å². The zero-order chi connectivity index (χ0) is 19.0. The second kappa shape index (κ2) is 7.38. The molecule has 2 N–H and O–H groups in total. The molecule has 2 amide bonds. The number of fused-ring (bicyclic) bond motifs is 1. The van der Waals surface area contributed by atoms with E-state index in [0.29, 0.717) is 33.5 Å². The summed E-state index contributed by atoms with van der Waals surface area (Å²) in [7, 11) is 0. The zero-order valence-electron chi connectivity index (χ0n) is 13.9. The van der Waals surface area contributed by atoms with Crippen LogP contribution in [0.3, 0.4) is 0 Å². The van der Waals surface area contributed by atoms with E-state index < -0.39 is 6.04 Å². The molecule has 1 fully saturated rings. The number of aromatic nitrogens is 1. The molecule has 4 rings (SSSR count). The molecular weight excluding hydrogens is 406 g/mol. The van der Waals surface area contributed by atoms with E-state index in [-0.39, 0.29) is 16.7 Å². The number of carbonyl (C=O) groups is 2. The number of anilines is 1. The van der Waals surface area contributed by atoms with Crippen molar-refractivity contribution in [2.75, 3.05) is 16.9 Å². The minimum Gasteiger partial charge on any atom is -0.429 e. The van der Waals surface area contributed by atoms with E-state index in [9.17, 15) is 9.59 Å². The standard InChI is InChI=1S/C18H14ClN3O3S2/c19-11-3-1-10(2-4-11)17(24)22-9-27-8-14(22)16(23)20-12-5-6-13-15(7-12)25-18(26)21-13/h1-7,14H,8-9H2,(H,20,23)(H,21,26). The third kappa shape index (κ3) is 3.73. The second-order valence-electron chi connectivity index (χ2n) is 6.01. The number of halogens is 1. The predicted octanol–water partition coefficient (Wildman–Crippen LogP) is 4.30. The van der Waals surface area contributed by atoms with Crippen LogP contribution in [0.15, 0.2) is 46.9 Å². The van der Waals surface area contributed by atoms with Gasteiger partial charge in [0, 0.05) is 28.1 Å². The van der Waals surface area contributed by atoms with Crippen LogP contribution in [0.25, 0.3) is 11.1 Å². The fourth-order valence-electron chi connectivity index (χ4n) is 2.87. The second-order valence-corrected chi connectivity index (χ2v) is 7.82. The lowest BCUT2D eigenvalue weighted by Crippen LogP contribution is -2.44. The molecule has 1 atom stereocenters. The van der Waals surface area contributed by atoms with Crippen LogP contribution in [0.1, 0.15) is 10.4 Å². The fraction of sp³-hybridized carbons (Fsp3) is 0.167. The minimum absolute atomic E-state index is 0.191. The Balaban J connectivity index is 1.51. The monoisotopic (exact) mass is 419 g/mol. The summed E-state index contributed by atoms with van der Waals surface area (Å²) in [6.45, 7) is 0. The van der Waals surface area contributed by atoms with Gasteiger partial charge in [0.2, 0.25) is 5.91 Å². The Labute approximate surface area is 168 Å². The molecule has 9 heteroatoms. The van der Waals surface area contributed by atoms with E-state index in [2.05, 4.69) is 10.3 Å². The lowest BCUT2D eigenvalue weighted by Gasteiger charge is -2.23. The lowest BCUT2D eigenvalue weighted by molar-refractivity contribution is -0.119. The first kappa shape index (κ1) is 18.1. The van der Waals surface area contributed by atoms with E-state index in [1.807, 2.05) is 0 Å². The summed E-state index contributed by atoms with van der Waals surface area (Å²) in [5.41, 5.74) is 2.41. The summed E-state index contributed by atoms with van der Waals surface area (Å²) >= 11 is 12.4. The van der Waals surface area contributed by atoms with Crippen LogP contribution in [0.2, 0.25) is 5.02 Å². The summed E-state index contributed by atoms with van der Waals surface area (Å²) in [6.07, 6.45) is 0. The Morgan fingerprint density at radius 1 is 1.26 bits per heavy atom. The Hall–Kier alpha value is -2.29. The molecule has 0 bridgehead atoms. The first-order valence-corrected chi connectivity index (χ1v) is 10.0. The van der Waals surface area contributed by atoms with Gasteiger partial charge in [0.1, 0.15) is 6.04 Å². The number of nitrogens with zero attached hydrogens (tertiary/aromatic N) is 1. The Morgan fingerprint density at radius 2 is 2.04 bits per heavy atom. The van der Waals surface area contributed by atoms with Crippen molar-refractivity contribution in [3.05, 3.63) is 57.9 Å². The number of benzene rings is 2. The van der Waals surface area contributed by atoms with E-state index in [4.69, 9.17) is 28.2 Å². The number of amides is 2. The molecule has 1 aliphatic rings. The molecule has 1 saturated heterocycles. The maximum atomic E-state index is 12.8. The molecule has 2 aromatic carbocycles. The number of hydrogen-bond acceptors (Lipinski definition) is 5. The molecule has 27 heavy (non-hydrogen) atoms. The Kier molecular flexibility index (Phi) is 4.94.